The molecular formula is C12H19FN2O. The molecule has 1 aromatic rings. The van der Waals surface area contributed by atoms with Gasteiger partial charge in [0.1, 0.15) is 5.82 Å². The molecule has 0 aromatic heterocycles. The predicted molar refractivity (Wildman–Crippen MR) is 64.0 cm³/mol. The monoisotopic (exact) mass is 226 g/mol. The first kappa shape index (κ1) is 12.9. The molecule has 4 heteroatoms. The van der Waals surface area contributed by atoms with E-state index in [9.17, 15) is 9.50 Å². The molecule has 90 valence electrons. The zero-order valence-corrected chi connectivity index (χ0v) is 9.78. The molecule has 0 aliphatic carbocycles. The van der Waals surface area contributed by atoms with Crippen LogP contribution in [0.25, 0.3) is 0 Å². The van der Waals surface area contributed by atoms with Gasteiger partial charge in [0.2, 0.25) is 0 Å². The van der Waals surface area contributed by atoms with E-state index in [0.717, 1.165) is 5.69 Å². The fourth-order valence-electron chi connectivity index (χ4n) is 1.53. The lowest BCUT2D eigenvalue weighted by molar-refractivity contribution is 0.0762. The summed E-state index contributed by atoms with van der Waals surface area (Å²) < 4.78 is 13.1. The van der Waals surface area contributed by atoms with Crippen molar-refractivity contribution in [2.75, 3.05) is 24.5 Å². The van der Waals surface area contributed by atoms with Gasteiger partial charge < -0.3 is 15.7 Å². The number of hydrogen-bond acceptors (Lipinski definition) is 3. The lowest BCUT2D eigenvalue weighted by atomic mass is 10.1. The summed E-state index contributed by atoms with van der Waals surface area (Å²) in [7, 11) is 0. The maximum Gasteiger partial charge on any atom is 0.125 e. The van der Waals surface area contributed by atoms with Gasteiger partial charge in [-0.25, -0.2) is 4.39 Å². The van der Waals surface area contributed by atoms with Crippen molar-refractivity contribution in [1.82, 2.24) is 0 Å². The number of benzene rings is 1. The van der Waals surface area contributed by atoms with Crippen molar-refractivity contribution in [3.05, 3.63) is 30.1 Å². The van der Waals surface area contributed by atoms with Crippen LogP contribution < -0.4 is 10.6 Å². The summed E-state index contributed by atoms with van der Waals surface area (Å²) in [6.07, 6.45) is 0. The SMILES string of the molecule is CCN(CC(C)(O)CN)c1cccc(F)c1. The van der Waals surface area contributed by atoms with Crippen molar-refractivity contribution in [3.8, 4) is 0 Å². The van der Waals surface area contributed by atoms with Crippen molar-refractivity contribution < 1.29 is 9.50 Å². The van der Waals surface area contributed by atoms with Crippen molar-refractivity contribution in [2.45, 2.75) is 19.4 Å². The summed E-state index contributed by atoms with van der Waals surface area (Å²) in [6, 6.07) is 6.33. The van der Waals surface area contributed by atoms with E-state index in [2.05, 4.69) is 0 Å². The number of anilines is 1. The van der Waals surface area contributed by atoms with Crippen LogP contribution in [-0.4, -0.2) is 30.3 Å². The van der Waals surface area contributed by atoms with Gasteiger partial charge in [-0.3, -0.25) is 0 Å². The Hall–Kier alpha value is -1.13. The van der Waals surface area contributed by atoms with Gasteiger partial charge in [-0.05, 0) is 32.0 Å². The molecule has 0 amide bonds. The Labute approximate surface area is 95.7 Å². The fourth-order valence-corrected chi connectivity index (χ4v) is 1.53. The van der Waals surface area contributed by atoms with Gasteiger partial charge in [-0.2, -0.15) is 0 Å². The van der Waals surface area contributed by atoms with Gasteiger partial charge in [0.15, 0.2) is 0 Å². The Morgan fingerprint density at radius 1 is 1.50 bits per heavy atom. The molecule has 16 heavy (non-hydrogen) atoms. The second-order valence-corrected chi connectivity index (χ2v) is 4.20. The molecule has 1 aromatic carbocycles. The van der Waals surface area contributed by atoms with Gasteiger partial charge in [0, 0.05) is 25.3 Å². The first-order valence-corrected chi connectivity index (χ1v) is 5.41. The van der Waals surface area contributed by atoms with E-state index in [1.807, 2.05) is 17.9 Å². The van der Waals surface area contributed by atoms with Crippen molar-refractivity contribution in [2.24, 2.45) is 5.73 Å². The summed E-state index contributed by atoms with van der Waals surface area (Å²) in [5.41, 5.74) is 5.27. The van der Waals surface area contributed by atoms with Gasteiger partial charge in [0.25, 0.3) is 0 Å². The molecule has 0 fully saturated rings. The summed E-state index contributed by atoms with van der Waals surface area (Å²) in [6.45, 7) is 4.90. The van der Waals surface area contributed by atoms with Gasteiger partial charge in [0.05, 0.1) is 5.60 Å². The minimum absolute atomic E-state index is 0.179. The van der Waals surface area contributed by atoms with Crippen LogP contribution in [0.3, 0.4) is 0 Å². The van der Waals surface area contributed by atoms with Crippen LogP contribution in [0.1, 0.15) is 13.8 Å². The molecule has 0 saturated carbocycles. The molecule has 0 aliphatic heterocycles. The second-order valence-electron chi connectivity index (χ2n) is 4.20. The molecular weight excluding hydrogens is 207 g/mol. The molecule has 3 N–H and O–H groups in total. The molecule has 1 atom stereocenters. The van der Waals surface area contributed by atoms with Crippen LogP contribution in [0.5, 0.6) is 0 Å². The Balaban J connectivity index is 2.82. The van der Waals surface area contributed by atoms with E-state index in [-0.39, 0.29) is 12.4 Å². The summed E-state index contributed by atoms with van der Waals surface area (Å²) in [5, 5.41) is 9.89. The van der Waals surface area contributed by atoms with Gasteiger partial charge in [-0.1, -0.05) is 6.07 Å². The molecule has 0 saturated heterocycles. The highest BCUT2D eigenvalue weighted by molar-refractivity contribution is 5.46. The van der Waals surface area contributed by atoms with Gasteiger partial charge >= 0.3 is 0 Å². The highest BCUT2D eigenvalue weighted by Crippen LogP contribution is 2.17. The Kier molecular flexibility index (Phi) is 4.26. The minimum atomic E-state index is -0.956. The first-order chi connectivity index (χ1) is 7.48. The number of likely N-dealkylation sites (N-methyl/N-ethyl adjacent to an activating group) is 1. The predicted octanol–water partition coefficient (Wildman–Crippen LogP) is 1.36. The largest absolute Gasteiger partial charge is 0.387 e. The summed E-state index contributed by atoms with van der Waals surface area (Å²) in [4.78, 5) is 1.90. The van der Waals surface area contributed by atoms with Crippen LogP contribution in [0.15, 0.2) is 24.3 Å². The van der Waals surface area contributed by atoms with Gasteiger partial charge in [-0.15, -0.1) is 0 Å². The molecule has 0 spiro atoms. The quantitative estimate of drug-likeness (QED) is 0.797. The zero-order valence-electron chi connectivity index (χ0n) is 9.78. The number of hydrogen-bond donors (Lipinski definition) is 2. The Morgan fingerprint density at radius 3 is 2.69 bits per heavy atom. The maximum atomic E-state index is 13.1. The number of nitrogens with zero attached hydrogens (tertiary/aromatic N) is 1. The van der Waals surface area contributed by atoms with Crippen LogP contribution >= 0.6 is 0 Å². The zero-order chi connectivity index (χ0) is 12.2. The standard InChI is InChI=1S/C12H19FN2O/c1-3-15(9-12(2,16)8-14)11-6-4-5-10(13)7-11/h4-7,16H,3,8-9,14H2,1-2H3. The molecule has 0 heterocycles. The van der Waals surface area contributed by atoms with Crippen molar-refractivity contribution >= 4 is 5.69 Å². The Morgan fingerprint density at radius 2 is 2.19 bits per heavy atom. The normalized spacial score (nSPS) is 14.6. The lowest BCUT2D eigenvalue weighted by Gasteiger charge is -2.31. The molecule has 0 aliphatic rings. The number of rotatable bonds is 5. The molecule has 1 unspecified atom stereocenters. The molecule has 3 nitrogen and oxygen atoms in total. The number of nitrogens with two attached hydrogens (primary N) is 1. The summed E-state index contributed by atoms with van der Waals surface area (Å²) >= 11 is 0. The molecule has 0 radical (unpaired) electrons. The van der Waals surface area contributed by atoms with Crippen LogP contribution in [0, 0.1) is 5.82 Å². The van der Waals surface area contributed by atoms with E-state index in [1.54, 1.807) is 13.0 Å². The van der Waals surface area contributed by atoms with Crippen molar-refractivity contribution in [3.63, 3.8) is 0 Å². The molecule has 1 rings (SSSR count). The smallest absolute Gasteiger partial charge is 0.125 e. The third-order valence-electron chi connectivity index (χ3n) is 2.53. The van der Waals surface area contributed by atoms with E-state index in [1.165, 1.54) is 12.1 Å². The van der Waals surface area contributed by atoms with Crippen LogP contribution in [0.4, 0.5) is 10.1 Å². The van der Waals surface area contributed by atoms with E-state index in [0.29, 0.717) is 13.1 Å². The fraction of sp³-hybridized carbons (Fsp3) is 0.500. The number of halogens is 1. The lowest BCUT2D eigenvalue weighted by Crippen LogP contribution is -2.46. The summed E-state index contributed by atoms with van der Waals surface area (Å²) in [5.74, 6) is -0.275. The third-order valence-corrected chi connectivity index (χ3v) is 2.53. The van der Waals surface area contributed by atoms with Crippen LogP contribution in [0.2, 0.25) is 0 Å². The average molecular weight is 226 g/mol. The highest BCUT2D eigenvalue weighted by atomic mass is 19.1. The minimum Gasteiger partial charge on any atom is -0.387 e. The van der Waals surface area contributed by atoms with Crippen molar-refractivity contribution in [1.29, 1.82) is 0 Å². The highest BCUT2D eigenvalue weighted by Gasteiger charge is 2.21. The third kappa shape index (κ3) is 3.47. The number of aliphatic hydroxyl groups is 1. The van der Waals surface area contributed by atoms with E-state index < -0.39 is 5.60 Å². The average Bonchev–Trinajstić information content (AvgIpc) is 2.26. The van der Waals surface area contributed by atoms with E-state index >= 15 is 0 Å². The Bertz CT molecular complexity index is 342. The first-order valence-electron chi connectivity index (χ1n) is 5.41. The topological polar surface area (TPSA) is 49.5 Å². The maximum absolute atomic E-state index is 13.1. The van der Waals surface area contributed by atoms with E-state index in [4.69, 9.17) is 5.73 Å². The molecule has 0 bridgehead atoms. The van der Waals surface area contributed by atoms with Crippen LogP contribution in [-0.2, 0) is 0 Å². The second kappa shape index (κ2) is 5.27.